The van der Waals surface area contributed by atoms with E-state index < -0.39 is 59.1 Å². The van der Waals surface area contributed by atoms with E-state index >= 15 is 0 Å². The Kier molecular flexibility index (Phi) is 4.73. The molecule has 0 unspecified atom stereocenters. The maximum atomic E-state index is 12.5. The van der Waals surface area contributed by atoms with Gasteiger partial charge >= 0.3 is 12.4 Å². The molecule has 0 saturated heterocycles. The standard InChI is InChI=1S/C7H8F3N.C7H11F3O3S/c8-7(9,10)6(3-4-6)2-1-5-11;1-14(11,12)13-5-4-6(2-3-6)7(8,9)10/h1-4H2;2-5H2,1H3/i1D2;5D2. The zero-order valence-corrected chi connectivity index (χ0v) is 13.9. The molecule has 2 saturated carbocycles. The number of nitriles is 1. The van der Waals surface area contributed by atoms with Crippen LogP contribution in [0.5, 0.6) is 0 Å². The van der Waals surface area contributed by atoms with E-state index in [1.165, 1.54) is 6.07 Å². The molecule has 0 heterocycles. The Hall–Kier alpha value is -1.02. The van der Waals surface area contributed by atoms with E-state index in [0.29, 0.717) is 6.26 Å². The largest absolute Gasteiger partial charge is 0.394 e. The van der Waals surface area contributed by atoms with Gasteiger partial charge in [0.2, 0.25) is 0 Å². The van der Waals surface area contributed by atoms with Gasteiger partial charge in [-0.05, 0) is 38.5 Å². The van der Waals surface area contributed by atoms with Crippen molar-refractivity contribution in [2.45, 2.75) is 57.3 Å². The van der Waals surface area contributed by atoms with Crippen LogP contribution in [0.4, 0.5) is 26.3 Å². The van der Waals surface area contributed by atoms with E-state index in [1.807, 2.05) is 0 Å². The summed E-state index contributed by atoms with van der Waals surface area (Å²) in [5.74, 6) is 0. The maximum Gasteiger partial charge on any atom is 0.394 e. The van der Waals surface area contributed by atoms with Crippen molar-refractivity contribution in [3.05, 3.63) is 0 Å². The first kappa shape index (κ1) is 16.2. The molecular weight excluding hydrogens is 376 g/mol. The molecule has 0 bridgehead atoms. The fourth-order valence-corrected chi connectivity index (χ4v) is 2.18. The molecular formula is C14H19F6NO3S. The average molecular weight is 399 g/mol. The number of rotatable bonds is 6. The molecule has 0 spiro atoms. The lowest BCUT2D eigenvalue weighted by molar-refractivity contribution is -0.190. The van der Waals surface area contributed by atoms with Crippen LogP contribution in [0.3, 0.4) is 0 Å². The van der Waals surface area contributed by atoms with Crippen molar-refractivity contribution in [1.29, 1.82) is 5.26 Å². The van der Waals surface area contributed by atoms with Gasteiger partial charge in [0.05, 0.1) is 32.5 Å². The van der Waals surface area contributed by atoms with Gasteiger partial charge in [-0.2, -0.15) is 40.0 Å². The number of nitrogens with zero attached hydrogens (tertiary/aromatic N) is 1. The fraction of sp³-hybridized carbons (Fsp3) is 0.929. The first-order valence-electron chi connectivity index (χ1n) is 9.05. The first-order valence-corrected chi connectivity index (χ1v) is 8.86. The normalized spacial score (nSPS) is 24.4. The van der Waals surface area contributed by atoms with Crippen molar-refractivity contribution in [1.82, 2.24) is 0 Å². The second-order valence-electron chi connectivity index (χ2n) is 6.13. The van der Waals surface area contributed by atoms with Gasteiger partial charge in [-0.15, -0.1) is 0 Å². The summed E-state index contributed by atoms with van der Waals surface area (Å²) in [4.78, 5) is 0. The highest BCUT2D eigenvalue weighted by Gasteiger charge is 2.63. The van der Waals surface area contributed by atoms with Crippen molar-refractivity contribution >= 4 is 10.1 Å². The molecule has 0 aliphatic heterocycles. The zero-order valence-electron chi connectivity index (χ0n) is 17.1. The second kappa shape index (κ2) is 7.31. The second-order valence-corrected chi connectivity index (χ2v) is 7.71. The minimum atomic E-state index is -4.53. The minimum absolute atomic E-state index is 0.0578. The Labute approximate surface area is 147 Å². The van der Waals surface area contributed by atoms with Gasteiger partial charge in [-0.25, -0.2) is 0 Å². The predicted molar refractivity (Wildman–Crippen MR) is 75.7 cm³/mol. The van der Waals surface area contributed by atoms with Crippen LogP contribution in [0.2, 0.25) is 0 Å². The molecule has 2 aliphatic carbocycles. The SMILES string of the molecule is [2H]C([2H])(C#N)CC1(C(F)(F)F)CC1.[2H]C([2H])(CC1(C(F)(F)F)CC1)OS(C)(=O)=O. The van der Waals surface area contributed by atoms with Crippen molar-refractivity contribution in [2.24, 2.45) is 10.8 Å². The van der Waals surface area contributed by atoms with Crippen molar-refractivity contribution < 1.29 is 44.4 Å². The Morgan fingerprint density at radius 1 is 1.04 bits per heavy atom. The molecule has 0 radical (unpaired) electrons. The molecule has 0 N–H and O–H groups in total. The summed E-state index contributed by atoms with van der Waals surface area (Å²) >= 11 is 0. The number of alkyl halides is 6. The monoisotopic (exact) mass is 399 g/mol. The molecule has 146 valence electrons. The zero-order chi connectivity index (χ0) is 23.2. The van der Waals surface area contributed by atoms with Crippen molar-refractivity contribution in [2.75, 3.05) is 12.8 Å². The van der Waals surface area contributed by atoms with Crippen LogP contribution in [0.25, 0.3) is 0 Å². The van der Waals surface area contributed by atoms with Gasteiger partial charge < -0.3 is 0 Å². The lowest BCUT2D eigenvalue weighted by Crippen LogP contribution is -2.26. The quantitative estimate of drug-likeness (QED) is 0.493. The summed E-state index contributed by atoms with van der Waals surface area (Å²) in [7, 11) is -4.11. The predicted octanol–water partition coefficient (Wildman–Crippen LogP) is 4.33. The molecule has 0 aromatic carbocycles. The van der Waals surface area contributed by atoms with Gasteiger partial charge in [0, 0.05) is 9.11 Å². The third-order valence-corrected chi connectivity index (χ3v) is 4.46. The van der Waals surface area contributed by atoms with Crippen LogP contribution in [0.1, 0.15) is 50.4 Å². The molecule has 0 aromatic rings. The van der Waals surface area contributed by atoms with E-state index in [4.69, 9.17) is 10.7 Å². The van der Waals surface area contributed by atoms with Gasteiger partial charge in [-0.1, -0.05) is 0 Å². The van der Waals surface area contributed by atoms with Gasteiger partial charge in [-0.3, -0.25) is 4.18 Å². The number of hydrogen-bond acceptors (Lipinski definition) is 4. The summed E-state index contributed by atoms with van der Waals surface area (Å²) < 4.78 is 128. The summed E-state index contributed by atoms with van der Waals surface area (Å²) in [5, 5.41) is 8.26. The number of halogens is 6. The van der Waals surface area contributed by atoms with Crippen LogP contribution in [0.15, 0.2) is 0 Å². The summed E-state index contributed by atoms with van der Waals surface area (Å²) in [6.07, 6.45) is -12.9. The molecule has 25 heavy (non-hydrogen) atoms. The minimum Gasteiger partial charge on any atom is -0.270 e. The Bertz CT molecular complexity index is 753. The molecule has 4 nitrogen and oxygen atoms in total. The molecule has 0 amide bonds. The molecule has 11 heteroatoms. The highest BCUT2D eigenvalue weighted by molar-refractivity contribution is 7.85. The number of hydrogen-bond donors (Lipinski definition) is 0. The summed E-state index contributed by atoms with van der Waals surface area (Å²) in [6, 6.07) is 1.24. The molecule has 2 rings (SSSR count). The van der Waals surface area contributed by atoms with Crippen LogP contribution in [0, 0.1) is 22.2 Å². The van der Waals surface area contributed by atoms with Crippen LogP contribution in [-0.4, -0.2) is 33.6 Å². The van der Waals surface area contributed by atoms with Gasteiger partial charge in [0.1, 0.15) is 0 Å². The Morgan fingerprint density at radius 2 is 1.44 bits per heavy atom. The van der Waals surface area contributed by atoms with Crippen molar-refractivity contribution in [3.63, 3.8) is 0 Å². The van der Waals surface area contributed by atoms with E-state index in [1.54, 1.807) is 0 Å². The highest BCUT2D eigenvalue weighted by atomic mass is 32.2. The van der Waals surface area contributed by atoms with E-state index in [0.717, 1.165) is 0 Å². The third-order valence-electron chi connectivity index (χ3n) is 4.04. The van der Waals surface area contributed by atoms with Gasteiger partial charge in [0.15, 0.2) is 0 Å². The summed E-state index contributed by atoms with van der Waals surface area (Å²) in [6.45, 7) is -2.82. The summed E-state index contributed by atoms with van der Waals surface area (Å²) in [5.41, 5.74) is -4.05. The highest BCUT2D eigenvalue weighted by Crippen LogP contribution is 2.60. The molecule has 0 aromatic heterocycles. The maximum absolute atomic E-state index is 12.5. The van der Waals surface area contributed by atoms with Gasteiger partial charge in [0.25, 0.3) is 10.1 Å². The topological polar surface area (TPSA) is 67.2 Å². The molecule has 0 atom stereocenters. The Balaban J connectivity index is 0.000000296. The van der Waals surface area contributed by atoms with E-state index in [-0.39, 0.29) is 25.7 Å². The third kappa shape index (κ3) is 6.33. The van der Waals surface area contributed by atoms with Crippen LogP contribution >= 0.6 is 0 Å². The molecule has 2 aliphatic rings. The van der Waals surface area contributed by atoms with Crippen molar-refractivity contribution in [3.8, 4) is 6.07 Å². The lowest BCUT2D eigenvalue weighted by atomic mass is 10.0. The molecule has 2 fully saturated rings. The average Bonchev–Trinajstić information content (AvgIpc) is 3.31. The van der Waals surface area contributed by atoms with Crippen LogP contribution < -0.4 is 0 Å². The smallest absolute Gasteiger partial charge is 0.270 e. The fourth-order valence-electron chi connectivity index (χ4n) is 1.91. The first-order chi connectivity index (χ1) is 12.6. The van der Waals surface area contributed by atoms with Crippen LogP contribution in [-0.2, 0) is 14.3 Å². The van der Waals surface area contributed by atoms with E-state index in [2.05, 4.69) is 4.18 Å². The Morgan fingerprint density at radius 3 is 1.72 bits per heavy atom. The lowest BCUT2D eigenvalue weighted by Gasteiger charge is -2.18. The van der Waals surface area contributed by atoms with E-state index in [9.17, 15) is 34.8 Å².